The Kier molecular flexibility index (Phi) is 5.46. The van der Waals surface area contributed by atoms with E-state index in [2.05, 4.69) is 10.0 Å². The van der Waals surface area contributed by atoms with Crippen LogP contribution in [0.15, 0.2) is 47.4 Å². The van der Waals surface area contributed by atoms with Gasteiger partial charge in [0.25, 0.3) is 10.0 Å². The van der Waals surface area contributed by atoms with Gasteiger partial charge in [-0.15, -0.1) is 0 Å². The molecule has 2 aromatic carbocycles. The number of carbonyl (C=O) groups is 1. The van der Waals surface area contributed by atoms with Crippen molar-refractivity contribution in [3.8, 4) is 0 Å². The second-order valence-corrected chi connectivity index (χ2v) is 6.91. The molecule has 0 aliphatic rings. The number of hydrogen-bond donors (Lipinski definition) is 2. The van der Waals surface area contributed by atoms with Crippen LogP contribution < -0.4 is 10.0 Å². The average molecular weight is 348 g/mol. The van der Waals surface area contributed by atoms with E-state index in [9.17, 15) is 13.2 Å². The lowest BCUT2D eigenvalue weighted by atomic mass is 10.1. The molecule has 1 amide bonds. The molecule has 0 aliphatic heterocycles. The standard InChI is InChI=1S/C17H20N2O4S/c1-4-23-17(20)18-14-8-10-15(11-9-14)24(21,22)19-16-7-5-6-12(2)13(16)3/h5-11,19H,4H2,1-3H3,(H,18,20). The Labute approximate surface area is 141 Å². The van der Waals surface area contributed by atoms with Crippen LogP contribution in [0.25, 0.3) is 0 Å². The summed E-state index contributed by atoms with van der Waals surface area (Å²) in [5.41, 5.74) is 2.88. The first kappa shape index (κ1) is 17.8. The molecule has 2 N–H and O–H groups in total. The van der Waals surface area contributed by atoms with Crippen molar-refractivity contribution in [3.05, 3.63) is 53.6 Å². The molecule has 0 aliphatic carbocycles. The lowest BCUT2D eigenvalue weighted by Crippen LogP contribution is -2.15. The normalized spacial score (nSPS) is 11.0. The molecule has 2 rings (SSSR count). The van der Waals surface area contributed by atoms with Gasteiger partial charge in [0.1, 0.15) is 0 Å². The van der Waals surface area contributed by atoms with Gasteiger partial charge in [-0.3, -0.25) is 10.0 Å². The highest BCUT2D eigenvalue weighted by atomic mass is 32.2. The van der Waals surface area contributed by atoms with Crippen LogP contribution in [-0.2, 0) is 14.8 Å². The van der Waals surface area contributed by atoms with Crippen molar-refractivity contribution in [1.82, 2.24) is 0 Å². The van der Waals surface area contributed by atoms with Crippen LogP contribution in [0.3, 0.4) is 0 Å². The maximum absolute atomic E-state index is 12.5. The minimum Gasteiger partial charge on any atom is -0.450 e. The summed E-state index contributed by atoms with van der Waals surface area (Å²) in [6, 6.07) is 11.3. The second-order valence-electron chi connectivity index (χ2n) is 5.22. The fraction of sp³-hybridized carbons (Fsp3) is 0.235. The van der Waals surface area contributed by atoms with E-state index in [4.69, 9.17) is 4.74 Å². The monoisotopic (exact) mass is 348 g/mol. The molecule has 0 saturated heterocycles. The molecule has 0 atom stereocenters. The summed E-state index contributed by atoms with van der Waals surface area (Å²) in [7, 11) is -3.70. The first-order valence-corrected chi connectivity index (χ1v) is 8.94. The van der Waals surface area contributed by atoms with Crippen LogP contribution in [0.1, 0.15) is 18.1 Å². The Hall–Kier alpha value is -2.54. The molecule has 24 heavy (non-hydrogen) atoms. The van der Waals surface area contributed by atoms with Crippen molar-refractivity contribution in [1.29, 1.82) is 0 Å². The summed E-state index contributed by atoms with van der Waals surface area (Å²) in [5.74, 6) is 0. The quantitative estimate of drug-likeness (QED) is 0.863. The summed E-state index contributed by atoms with van der Waals surface area (Å²) in [4.78, 5) is 11.5. The number of carbonyl (C=O) groups excluding carboxylic acids is 1. The maximum Gasteiger partial charge on any atom is 0.411 e. The Morgan fingerprint density at radius 2 is 1.75 bits per heavy atom. The predicted octanol–water partition coefficient (Wildman–Crippen LogP) is 3.67. The van der Waals surface area contributed by atoms with Crippen molar-refractivity contribution in [2.75, 3.05) is 16.6 Å². The lowest BCUT2D eigenvalue weighted by molar-refractivity contribution is 0.168. The molecule has 0 unspecified atom stereocenters. The summed E-state index contributed by atoms with van der Waals surface area (Å²) in [6.45, 7) is 5.74. The molecule has 0 bridgehead atoms. The van der Waals surface area contributed by atoms with Gasteiger partial charge in [-0.05, 0) is 62.2 Å². The lowest BCUT2D eigenvalue weighted by Gasteiger charge is -2.12. The zero-order chi connectivity index (χ0) is 17.7. The summed E-state index contributed by atoms with van der Waals surface area (Å²) < 4.78 is 32.3. The number of nitrogens with one attached hydrogen (secondary N) is 2. The Bertz CT molecular complexity index is 830. The van der Waals surface area contributed by atoms with Crippen LogP contribution >= 0.6 is 0 Å². The molecule has 6 nitrogen and oxygen atoms in total. The van der Waals surface area contributed by atoms with Crippen molar-refractivity contribution >= 4 is 27.5 Å². The van der Waals surface area contributed by atoms with Gasteiger partial charge in [-0.2, -0.15) is 0 Å². The molecule has 0 radical (unpaired) electrons. The maximum atomic E-state index is 12.5. The van der Waals surface area contributed by atoms with E-state index in [-0.39, 0.29) is 11.5 Å². The van der Waals surface area contributed by atoms with Gasteiger partial charge in [0.05, 0.1) is 17.2 Å². The Morgan fingerprint density at radius 1 is 1.08 bits per heavy atom. The van der Waals surface area contributed by atoms with Gasteiger partial charge in [-0.25, -0.2) is 13.2 Å². The molecule has 0 fully saturated rings. The molecule has 0 saturated carbocycles. The smallest absolute Gasteiger partial charge is 0.411 e. The van der Waals surface area contributed by atoms with E-state index in [1.807, 2.05) is 19.9 Å². The van der Waals surface area contributed by atoms with Gasteiger partial charge >= 0.3 is 6.09 Å². The van der Waals surface area contributed by atoms with E-state index in [0.29, 0.717) is 11.4 Å². The molecule has 0 heterocycles. The van der Waals surface area contributed by atoms with Crippen molar-refractivity contribution in [3.63, 3.8) is 0 Å². The highest BCUT2D eigenvalue weighted by molar-refractivity contribution is 7.92. The molecular weight excluding hydrogens is 328 g/mol. The molecule has 0 spiro atoms. The van der Waals surface area contributed by atoms with Crippen molar-refractivity contribution in [2.24, 2.45) is 0 Å². The van der Waals surface area contributed by atoms with Crippen molar-refractivity contribution < 1.29 is 17.9 Å². The Balaban J connectivity index is 2.18. The number of rotatable bonds is 5. The zero-order valence-corrected chi connectivity index (χ0v) is 14.6. The summed E-state index contributed by atoms with van der Waals surface area (Å²) >= 11 is 0. The van der Waals surface area contributed by atoms with E-state index in [1.54, 1.807) is 19.1 Å². The van der Waals surface area contributed by atoms with Gasteiger partial charge < -0.3 is 4.74 Å². The van der Waals surface area contributed by atoms with E-state index < -0.39 is 16.1 Å². The Morgan fingerprint density at radius 3 is 2.38 bits per heavy atom. The first-order valence-electron chi connectivity index (χ1n) is 7.46. The molecule has 0 aromatic heterocycles. The SMILES string of the molecule is CCOC(=O)Nc1ccc(S(=O)(=O)Nc2cccc(C)c2C)cc1. The highest BCUT2D eigenvalue weighted by Gasteiger charge is 2.16. The first-order chi connectivity index (χ1) is 11.3. The third kappa shape index (κ3) is 4.26. The zero-order valence-electron chi connectivity index (χ0n) is 13.8. The van der Waals surface area contributed by atoms with Crippen LogP contribution in [0, 0.1) is 13.8 Å². The number of hydrogen-bond acceptors (Lipinski definition) is 4. The molecule has 128 valence electrons. The van der Waals surface area contributed by atoms with E-state index in [0.717, 1.165) is 11.1 Å². The van der Waals surface area contributed by atoms with Crippen molar-refractivity contribution in [2.45, 2.75) is 25.7 Å². The van der Waals surface area contributed by atoms with Crippen LogP contribution in [0.4, 0.5) is 16.2 Å². The number of ether oxygens (including phenoxy) is 1. The van der Waals surface area contributed by atoms with Crippen LogP contribution in [0.5, 0.6) is 0 Å². The minimum atomic E-state index is -3.70. The fourth-order valence-electron chi connectivity index (χ4n) is 2.07. The van der Waals surface area contributed by atoms with Gasteiger partial charge in [0.15, 0.2) is 0 Å². The van der Waals surface area contributed by atoms with Gasteiger partial charge in [0, 0.05) is 5.69 Å². The third-order valence-corrected chi connectivity index (χ3v) is 4.92. The minimum absolute atomic E-state index is 0.109. The molecule has 7 heteroatoms. The second kappa shape index (κ2) is 7.35. The molecule has 2 aromatic rings. The predicted molar refractivity (Wildman–Crippen MR) is 93.8 cm³/mol. The summed E-state index contributed by atoms with van der Waals surface area (Å²) in [5, 5.41) is 2.51. The number of benzene rings is 2. The van der Waals surface area contributed by atoms with E-state index >= 15 is 0 Å². The van der Waals surface area contributed by atoms with Gasteiger partial charge in [-0.1, -0.05) is 12.1 Å². The van der Waals surface area contributed by atoms with Gasteiger partial charge in [0.2, 0.25) is 0 Å². The fourth-order valence-corrected chi connectivity index (χ4v) is 3.19. The van der Waals surface area contributed by atoms with E-state index in [1.165, 1.54) is 24.3 Å². The number of aryl methyl sites for hydroxylation is 1. The topological polar surface area (TPSA) is 84.5 Å². The van der Waals surface area contributed by atoms with Crippen LogP contribution in [0.2, 0.25) is 0 Å². The number of amides is 1. The number of anilines is 2. The molecular formula is C17H20N2O4S. The summed E-state index contributed by atoms with van der Waals surface area (Å²) in [6.07, 6.45) is -0.582. The number of sulfonamides is 1. The highest BCUT2D eigenvalue weighted by Crippen LogP contribution is 2.22. The average Bonchev–Trinajstić information content (AvgIpc) is 2.52. The largest absolute Gasteiger partial charge is 0.450 e. The van der Waals surface area contributed by atoms with Crippen LogP contribution in [-0.4, -0.2) is 21.1 Å². The third-order valence-electron chi connectivity index (χ3n) is 3.54.